The highest BCUT2D eigenvalue weighted by atomic mass is 17.2. The molecule has 0 N–H and O–H groups in total. The van der Waals surface area contributed by atoms with Crippen molar-refractivity contribution in [2.75, 3.05) is 0 Å². The highest BCUT2D eigenvalue weighted by molar-refractivity contribution is 4.73. The van der Waals surface area contributed by atoms with Crippen molar-refractivity contribution in [1.82, 2.24) is 0 Å². The lowest BCUT2D eigenvalue weighted by Gasteiger charge is -2.06. The first-order valence-corrected chi connectivity index (χ1v) is 3.77. The van der Waals surface area contributed by atoms with E-state index < -0.39 is 0 Å². The Morgan fingerprint density at radius 3 is 2.00 bits per heavy atom. The van der Waals surface area contributed by atoms with Gasteiger partial charge in [-0.15, -0.1) is 0 Å². The summed E-state index contributed by atoms with van der Waals surface area (Å²) in [6.45, 7) is 0. The van der Waals surface area contributed by atoms with Crippen LogP contribution in [0, 0.1) is 0 Å². The lowest BCUT2D eigenvalue weighted by molar-refractivity contribution is -0.301. The fraction of sp³-hybridized carbons (Fsp3) is 1.00. The van der Waals surface area contributed by atoms with Gasteiger partial charge in [0.25, 0.3) is 0 Å². The molecule has 2 rings (SSSR count). The van der Waals surface area contributed by atoms with Crippen molar-refractivity contribution in [3.63, 3.8) is 0 Å². The van der Waals surface area contributed by atoms with Crippen molar-refractivity contribution < 1.29 is 9.78 Å². The second kappa shape index (κ2) is 2.27. The Morgan fingerprint density at radius 1 is 0.889 bits per heavy atom. The Bertz CT molecular complexity index is 91.1. The standard InChI is InChI=1S/C7H12O2/c1-2-4-7-5-6(3-1)8-9-7/h6-7H,1-5H2. The molecule has 2 atom stereocenters. The molecule has 2 aliphatic rings. The maximum atomic E-state index is 5.06. The molecule has 0 radical (unpaired) electrons. The molecule has 0 amide bonds. The van der Waals surface area contributed by atoms with E-state index in [1.807, 2.05) is 0 Å². The van der Waals surface area contributed by atoms with Gasteiger partial charge in [0.1, 0.15) is 0 Å². The first kappa shape index (κ1) is 5.69. The number of rotatable bonds is 0. The summed E-state index contributed by atoms with van der Waals surface area (Å²) < 4.78 is 0. The summed E-state index contributed by atoms with van der Waals surface area (Å²) in [5, 5.41) is 0. The molecule has 2 bridgehead atoms. The van der Waals surface area contributed by atoms with E-state index >= 15 is 0 Å². The molecule has 1 heterocycles. The van der Waals surface area contributed by atoms with Gasteiger partial charge in [0.2, 0.25) is 0 Å². The van der Waals surface area contributed by atoms with Gasteiger partial charge in [-0.1, -0.05) is 12.8 Å². The van der Waals surface area contributed by atoms with Crippen LogP contribution < -0.4 is 0 Å². The smallest absolute Gasteiger partial charge is 0.0956 e. The van der Waals surface area contributed by atoms with Crippen LogP contribution in [0.4, 0.5) is 0 Å². The Labute approximate surface area is 55.1 Å². The summed E-state index contributed by atoms with van der Waals surface area (Å²) in [5.41, 5.74) is 0. The van der Waals surface area contributed by atoms with Gasteiger partial charge in [-0.25, -0.2) is 9.78 Å². The average Bonchev–Trinajstić information content (AvgIpc) is 2.09. The second-order valence-corrected chi connectivity index (χ2v) is 2.96. The highest BCUT2D eigenvalue weighted by Crippen LogP contribution is 2.28. The number of fused-ring (bicyclic) bond motifs is 2. The number of hydrogen-bond acceptors (Lipinski definition) is 2. The lowest BCUT2D eigenvalue weighted by atomic mass is 10.1. The van der Waals surface area contributed by atoms with Crippen molar-refractivity contribution in [1.29, 1.82) is 0 Å². The summed E-state index contributed by atoms with van der Waals surface area (Å²) in [6, 6.07) is 0. The summed E-state index contributed by atoms with van der Waals surface area (Å²) in [7, 11) is 0. The zero-order valence-electron chi connectivity index (χ0n) is 5.51. The molecular formula is C7H12O2. The SMILES string of the molecule is C1CCC2CC(C1)OO2. The zero-order valence-corrected chi connectivity index (χ0v) is 5.51. The molecule has 0 aromatic heterocycles. The Morgan fingerprint density at radius 2 is 1.44 bits per heavy atom. The van der Waals surface area contributed by atoms with Gasteiger partial charge in [-0.2, -0.15) is 0 Å². The normalized spacial score (nSPS) is 42.7. The van der Waals surface area contributed by atoms with Gasteiger partial charge in [0.15, 0.2) is 0 Å². The van der Waals surface area contributed by atoms with Crippen molar-refractivity contribution >= 4 is 0 Å². The van der Waals surface area contributed by atoms with E-state index in [2.05, 4.69) is 0 Å². The average molecular weight is 128 g/mol. The maximum Gasteiger partial charge on any atom is 0.0956 e. The molecule has 1 aliphatic heterocycles. The maximum absolute atomic E-state index is 5.06. The zero-order chi connectivity index (χ0) is 6.10. The van der Waals surface area contributed by atoms with E-state index in [0.717, 1.165) is 6.42 Å². The van der Waals surface area contributed by atoms with Crippen LogP contribution >= 0.6 is 0 Å². The fourth-order valence-corrected chi connectivity index (χ4v) is 1.60. The third kappa shape index (κ3) is 1.10. The predicted molar refractivity (Wildman–Crippen MR) is 32.8 cm³/mol. The van der Waals surface area contributed by atoms with Crippen LogP contribution in [-0.4, -0.2) is 12.2 Å². The van der Waals surface area contributed by atoms with E-state index in [4.69, 9.17) is 9.78 Å². The fourth-order valence-electron chi connectivity index (χ4n) is 1.60. The molecule has 0 aromatic rings. The molecule has 9 heavy (non-hydrogen) atoms. The molecule has 2 fully saturated rings. The molecule has 52 valence electrons. The van der Waals surface area contributed by atoms with Gasteiger partial charge >= 0.3 is 0 Å². The predicted octanol–water partition coefficient (Wildman–Crippen LogP) is 1.65. The van der Waals surface area contributed by atoms with E-state index in [-0.39, 0.29) is 0 Å². The number of hydrogen-bond donors (Lipinski definition) is 0. The Kier molecular flexibility index (Phi) is 1.44. The monoisotopic (exact) mass is 128 g/mol. The molecule has 0 aromatic carbocycles. The first-order valence-electron chi connectivity index (χ1n) is 3.77. The molecule has 0 spiro atoms. The van der Waals surface area contributed by atoms with Crippen molar-refractivity contribution in [3.05, 3.63) is 0 Å². The largest absolute Gasteiger partial charge is 0.233 e. The van der Waals surface area contributed by atoms with Gasteiger partial charge in [-0.05, 0) is 12.8 Å². The summed E-state index contributed by atoms with van der Waals surface area (Å²) in [6.07, 6.45) is 7.05. The van der Waals surface area contributed by atoms with Crippen molar-refractivity contribution in [2.24, 2.45) is 0 Å². The minimum Gasteiger partial charge on any atom is -0.233 e. The summed E-state index contributed by atoms with van der Waals surface area (Å²) in [4.78, 5) is 10.1. The van der Waals surface area contributed by atoms with Crippen LogP contribution in [0.2, 0.25) is 0 Å². The van der Waals surface area contributed by atoms with Crippen LogP contribution in [0.15, 0.2) is 0 Å². The molecule has 1 aliphatic carbocycles. The quantitative estimate of drug-likeness (QED) is 0.462. The van der Waals surface area contributed by atoms with E-state index in [1.165, 1.54) is 25.7 Å². The Balaban J connectivity index is 1.99. The van der Waals surface area contributed by atoms with Crippen molar-refractivity contribution in [2.45, 2.75) is 44.3 Å². The van der Waals surface area contributed by atoms with E-state index in [9.17, 15) is 0 Å². The molecule has 2 heteroatoms. The topological polar surface area (TPSA) is 18.5 Å². The first-order chi connectivity index (χ1) is 4.45. The molecule has 1 saturated carbocycles. The van der Waals surface area contributed by atoms with Gasteiger partial charge in [-0.3, -0.25) is 0 Å². The molecular weight excluding hydrogens is 116 g/mol. The van der Waals surface area contributed by atoms with Crippen LogP contribution in [0.25, 0.3) is 0 Å². The highest BCUT2D eigenvalue weighted by Gasteiger charge is 2.29. The van der Waals surface area contributed by atoms with Crippen molar-refractivity contribution in [3.8, 4) is 0 Å². The van der Waals surface area contributed by atoms with Crippen LogP contribution in [0.5, 0.6) is 0 Å². The molecule has 2 unspecified atom stereocenters. The second-order valence-electron chi connectivity index (χ2n) is 2.96. The van der Waals surface area contributed by atoms with Crippen LogP contribution in [-0.2, 0) is 9.78 Å². The minimum absolute atomic E-state index is 0.428. The van der Waals surface area contributed by atoms with Gasteiger partial charge in [0, 0.05) is 6.42 Å². The Hall–Kier alpha value is -0.0800. The lowest BCUT2D eigenvalue weighted by Crippen LogP contribution is -2.02. The van der Waals surface area contributed by atoms with Gasteiger partial charge in [0.05, 0.1) is 12.2 Å². The molecule has 2 nitrogen and oxygen atoms in total. The minimum atomic E-state index is 0.428. The molecule has 1 saturated heterocycles. The van der Waals surface area contributed by atoms with Gasteiger partial charge < -0.3 is 0 Å². The van der Waals surface area contributed by atoms with Crippen LogP contribution in [0.3, 0.4) is 0 Å². The summed E-state index contributed by atoms with van der Waals surface area (Å²) >= 11 is 0. The van der Waals surface area contributed by atoms with E-state index in [1.54, 1.807) is 0 Å². The summed E-state index contributed by atoms with van der Waals surface area (Å²) in [5.74, 6) is 0. The third-order valence-corrected chi connectivity index (χ3v) is 2.16. The third-order valence-electron chi connectivity index (χ3n) is 2.16. The van der Waals surface area contributed by atoms with Crippen LogP contribution in [0.1, 0.15) is 32.1 Å². The van der Waals surface area contributed by atoms with E-state index in [0.29, 0.717) is 12.2 Å².